The first-order valence-corrected chi connectivity index (χ1v) is 13.4. The molecule has 0 saturated heterocycles. The van der Waals surface area contributed by atoms with Gasteiger partial charge in [-0.3, -0.25) is 0 Å². The van der Waals surface area contributed by atoms with Crippen LogP contribution in [0.5, 0.6) is 0 Å². The fourth-order valence-electron chi connectivity index (χ4n) is 8.72. The van der Waals surface area contributed by atoms with Crippen LogP contribution in [0.4, 0.5) is 0 Å². The van der Waals surface area contributed by atoms with Gasteiger partial charge in [0.25, 0.3) is 0 Å². The lowest BCUT2D eigenvalue weighted by molar-refractivity contribution is -0.132. The molecule has 7 atom stereocenters. The monoisotopic (exact) mass is 470 g/mol. The molecule has 3 N–H and O–H groups in total. The van der Waals surface area contributed by atoms with Gasteiger partial charge >= 0.3 is 5.97 Å². The zero-order valence-corrected chi connectivity index (χ0v) is 22.4. The number of carbonyl (C=O) groups is 1. The predicted molar refractivity (Wildman–Crippen MR) is 136 cm³/mol. The number of fused-ring (bicyclic) bond motifs is 4. The predicted octanol–water partition coefficient (Wildman–Crippen LogP) is 6.43. The third-order valence-electron chi connectivity index (χ3n) is 11.4. The van der Waals surface area contributed by atoms with Crippen LogP contribution in [0.25, 0.3) is 0 Å². The van der Waals surface area contributed by atoms with Gasteiger partial charge in [-0.2, -0.15) is 0 Å². The number of carboxylic acids is 1. The van der Waals surface area contributed by atoms with Gasteiger partial charge in [-0.15, -0.1) is 0 Å². The smallest absolute Gasteiger partial charge is 0.331 e. The fourth-order valence-corrected chi connectivity index (χ4v) is 8.72. The molecule has 1 fully saturated rings. The van der Waals surface area contributed by atoms with Crippen molar-refractivity contribution < 1.29 is 20.1 Å². The molecule has 4 nitrogen and oxygen atoms in total. The lowest BCUT2D eigenvalue weighted by Gasteiger charge is -2.60. The molecule has 34 heavy (non-hydrogen) atoms. The highest BCUT2D eigenvalue weighted by atomic mass is 16.4. The molecule has 0 aromatic carbocycles. The Morgan fingerprint density at radius 1 is 1.15 bits per heavy atom. The van der Waals surface area contributed by atoms with Gasteiger partial charge in [0.05, 0.1) is 12.2 Å². The summed E-state index contributed by atoms with van der Waals surface area (Å²) >= 11 is 0. The second-order valence-corrected chi connectivity index (χ2v) is 13.3. The molecule has 0 aromatic rings. The maximum atomic E-state index is 11.2. The molecule has 0 radical (unpaired) electrons. The van der Waals surface area contributed by atoms with Crippen molar-refractivity contribution >= 4 is 5.97 Å². The fraction of sp³-hybridized carbons (Fsp3) is 0.767. The van der Waals surface area contributed by atoms with Crippen molar-refractivity contribution in [2.24, 2.45) is 33.5 Å². The summed E-state index contributed by atoms with van der Waals surface area (Å²) in [5.74, 6) is -0.181. The molecule has 0 aliphatic heterocycles. The number of hydrogen-bond acceptors (Lipinski definition) is 3. The molecule has 4 heteroatoms. The molecule has 0 amide bonds. The maximum absolute atomic E-state index is 11.2. The van der Waals surface area contributed by atoms with E-state index in [0.29, 0.717) is 12.3 Å². The quantitative estimate of drug-likeness (QED) is 0.404. The van der Waals surface area contributed by atoms with Crippen molar-refractivity contribution in [1.29, 1.82) is 0 Å². The summed E-state index contributed by atoms with van der Waals surface area (Å²) in [5.41, 5.74) is 5.28. The number of rotatable bonds is 5. The summed E-state index contributed by atoms with van der Waals surface area (Å²) in [6, 6.07) is 0. The van der Waals surface area contributed by atoms with Gasteiger partial charge in [-0.25, -0.2) is 4.79 Å². The van der Waals surface area contributed by atoms with E-state index in [0.717, 1.165) is 44.9 Å². The zero-order chi connectivity index (χ0) is 25.3. The first-order valence-electron chi connectivity index (χ1n) is 13.4. The molecule has 3 unspecified atom stereocenters. The molecule has 4 aliphatic carbocycles. The van der Waals surface area contributed by atoms with Crippen molar-refractivity contribution in [2.75, 3.05) is 0 Å². The van der Waals surface area contributed by atoms with Crippen LogP contribution < -0.4 is 0 Å². The molecule has 4 rings (SSSR count). The Hall–Kier alpha value is -1.39. The highest BCUT2D eigenvalue weighted by Crippen LogP contribution is 2.69. The lowest BCUT2D eigenvalue weighted by atomic mass is 9.45. The first kappa shape index (κ1) is 25.7. The van der Waals surface area contributed by atoms with Crippen LogP contribution in [0.1, 0.15) is 99.8 Å². The average molecular weight is 471 g/mol. The summed E-state index contributed by atoms with van der Waals surface area (Å²) in [6.45, 7) is 15.7. The van der Waals surface area contributed by atoms with Crippen molar-refractivity contribution in [2.45, 2.75) is 112 Å². The van der Waals surface area contributed by atoms with E-state index in [1.807, 2.05) is 0 Å². The highest BCUT2D eigenvalue weighted by molar-refractivity contribution is 5.85. The van der Waals surface area contributed by atoms with E-state index in [-0.39, 0.29) is 39.3 Å². The summed E-state index contributed by atoms with van der Waals surface area (Å²) < 4.78 is 0. The van der Waals surface area contributed by atoms with Gasteiger partial charge < -0.3 is 15.3 Å². The minimum absolute atomic E-state index is 0.0343. The Kier molecular flexibility index (Phi) is 6.30. The number of allylic oxidation sites excluding steroid dienone is 4. The summed E-state index contributed by atoms with van der Waals surface area (Å²) in [7, 11) is 0. The number of aliphatic hydroxyl groups excluding tert-OH is 2. The molecular weight excluding hydrogens is 424 g/mol. The van der Waals surface area contributed by atoms with Crippen LogP contribution in [0.3, 0.4) is 0 Å². The van der Waals surface area contributed by atoms with E-state index in [1.54, 1.807) is 23.6 Å². The van der Waals surface area contributed by atoms with E-state index in [1.165, 1.54) is 6.08 Å². The summed E-state index contributed by atoms with van der Waals surface area (Å²) in [4.78, 5) is 11.2. The van der Waals surface area contributed by atoms with E-state index in [2.05, 4.69) is 47.6 Å². The lowest BCUT2D eigenvalue weighted by Crippen LogP contribution is -2.53. The van der Waals surface area contributed by atoms with E-state index in [4.69, 9.17) is 0 Å². The largest absolute Gasteiger partial charge is 0.478 e. The molecular formula is C30H46O4. The topological polar surface area (TPSA) is 77.8 Å². The summed E-state index contributed by atoms with van der Waals surface area (Å²) in [6.07, 6.45) is 11.1. The Morgan fingerprint density at radius 2 is 1.82 bits per heavy atom. The van der Waals surface area contributed by atoms with Crippen LogP contribution >= 0.6 is 0 Å². The Balaban J connectivity index is 1.62. The van der Waals surface area contributed by atoms with Crippen LogP contribution in [-0.2, 0) is 4.79 Å². The third-order valence-corrected chi connectivity index (χ3v) is 11.4. The second kappa shape index (κ2) is 8.34. The molecule has 0 aromatic heterocycles. The Labute approximate surface area is 206 Å². The molecule has 0 heterocycles. The van der Waals surface area contributed by atoms with Crippen molar-refractivity contribution in [1.82, 2.24) is 0 Å². The summed E-state index contributed by atoms with van der Waals surface area (Å²) in [5, 5.41) is 30.6. The van der Waals surface area contributed by atoms with Crippen molar-refractivity contribution in [3.05, 3.63) is 34.4 Å². The molecule has 190 valence electrons. The van der Waals surface area contributed by atoms with Crippen LogP contribution in [-0.4, -0.2) is 33.5 Å². The van der Waals surface area contributed by atoms with Gasteiger partial charge in [0, 0.05) is 5.57 Å². The van der Waals surface area contributed by atoms with Gasteiger partial charge in [-0.1, -0.05) is 53.2 Å². The van der Waals surface area contributed by atoms with Crippen molar-refractivity contribution in [3.63, 3.8) is 0 Å². The molecule has 4 aliphatic rings. The average Bonchev–Trinajstić information content (AvgIpc) is 3.03. The van der Waals surface area contributed by atoms with E-state index in [9.17, 15) is 20.1 Å². The number of carboxylic acid groups (broad SMARTS) is 1. The maximum Gasteiger partial charge on any atom is 0.331 e. The van der Waals surface area contributed by atoms with Crippen LogP contribution in [0, 0.1) is 33.5 Å². The zero-order valence-electron chi connectivity index (χ0n) is 22.4. The molecule has 0 spiro atoms. The van der Waals surface area contributed by atoms with Crippen molar-refractivity contribution in [3.8, 4) is 0 Å². The van der Waals surface area contributed by atoms with Crippen LogP contribution in [0.2, 0.25) is 0 Å². The number of hydrogen-bond donors (Lipinski definition) is 3. The van der Waals surface area contributed by atoms with Gasteiger partial charge in [-0.05, 0) is 109 Å². The minimum Gasteiger partial charge on any atom is -0.478 e. The third kappa shape index (κ3) is 3.58. The van der Waals surface area contributed by atoms with E-state index < -0.39 is 12.1 Å². The first-order chi connectivity index (χ1) is 15.7. The number of aliphatic hydroxyl groups is 2. The van der Waals surface area contributed by atoms with Gasteiger partial charge in [0.2, 0.25) is 0 Å². The Bertz CT molecular complexity index is 955. The second-order valence-electron chi connectivity index (χ2n) is 13.3. The van der Waals surface area contributed by atoms with Gasteiger partial charge in [0.15, 0.2) is 0 Å². The standard InChI is InChI=1S/C30H46O4/c1-18(26(33)34)16-20(31)17-19(2)29(6)14-11-23-21-8-9-24-27(3,4)25(32)12-13-28(24,5)22(21)10-15-30(23,29)7/h11,16,19-20,24-25,31-32H,8-10,12-15,17H2,1-7H3,(H,33,34)/t19-,20?,24?,25?,28-,29-,30+/m1/s1. The normalized spacial score (nSPS) is 41.2. The van der Waals surface area contributed by atoms with E-state index >= 15 is 0 Å². The highest BCUT2D eigenvalue weighted by Gasteiger charge is 2.60. The SMILES string of the molecule is CC(=CC(O)C[C@@H](C)[C@@]1(C)CC=C2C3=C(CC[C@@]21C)[C@@]1(C)CCC(O)C(C)(C)C1CC3)C(=O)O. The van der Waals surface area contributed by atoms with Gasteiger partial charge in [0.1, 0.15) is 0 Å². The minimum atomic E-state index is -0.969. The molecule has 1 saturated carbocycles. The molecule has 0 bridgehead atoms. The number of aliphatic carboxylic acids is 1. The van der Waals surface area contributed by atoms with Crippen LogP contribution in [0.15, 0.2) is 34.4 Å². The Morgan fingerprint density at radius 3 is 2.47 bits per heavy atom.